The molecule has 1 N–H and O–H groups in total. The largest absolute Gasteiger partial charge is 0.396 e. The van der Waals surface area contributed by atoms with Crippen LogP contribution in [0.5, 0.6) is 0 Å². The van der Waals surface area contributed by atoms with E-state index in [0.717, 1.165) is 11.8 Å². The van der Waals surface area contributed by atoms with Crippen molar-refractivity contribution in [3.05, 3.63) is 12.2 Å². The third-order valence-corrected chi connectivity index (χ3v) is 8.41. The summed E-state index contributed by atoms with van der Waals surface area (Å²) < 4.78 is 0. The first-order chi connectivity index (χ1) is 9.86. The van der Waals surface area contributed by atoms with Crippen molar-refractivity contribution in [2.75, 3.05) is 6.61 Å². The van der Waals surface area contributed by atoms with E-state index in [1.165, 1.54) is 51.4 Å². The van der Waals surface area contributed by atoms with Crippen LogP contribution < -0.4 is 0 Å². The first-order valence-electron chi connectivity index (χ1n) is 9.17. The fourth-order valence-electron chi connectivity index (χ4n) is 7.46. The molecule has 0 saturated heterocycles. The predicted molar refractivity (Wildman–Crippen MR) is 86.9 cm³/mol. The lowest BCUT2D eigenvalue weighted by atomic mass is 9.40. The van der Waals surface area contributed by atoms with Gasteiger partial charge in [-0.2, -0.15) is 0 Å². The Morgan fingerprint density at radius 1 is 0.952 bits per heavy atom. The van der Waals surface area contributed by atoms with Gasteiger partial charge in [-0.3, -0.25) is 0 Å². The van der Waals surface area contributed by atoms with Gasteiger partial charge < -0.3 is 5.11 Å². The van der Waals surface area contributed by atoms with Gasteiger partial charge in [0, 0.05) is 6.61 Å². The van der Waals surface area contributed by atoms with Gasteiger partial charge in [0.1, 0.15) is 0 Å². The minimum atomic E-state index is 0.178. The van der Waals surface area contributed by atoms with E-state index in [-0.39, 0.29) is 5.41 Å². The summed E-state index contributed by atoms with van der Waals surface area (Å²) in [5.41, 5.74) is 1.64. The quantitative estimate of drug-likeness (QED) is 0.677. The topological polar surface area (TPSA) is 20.2 Å². The van der Waals surface area contributed by atoms with Crippen LogP contribution in [0.4, 0.5) is 0 Å². The van der Waals surface area contributed by atoms with E-state index < -0.39 is 0 Å². The van der Waals surface area contributed by atoms with Crippen LogP contribution >= 0.6 is 0 Å². The zero-order valence-corrected chi connectivity index (χ0v) is 14.1. The van der Waals surface area contributed by atoms with Gasteiger partial charge >= 0.3 is 0 Å². The first-order valence-corrected chi connectivity index (χ1v) is 9.17. The number of hydrogen-bond donors (Lipinski definition) is 1. The Bertz CT molecular complexity index is 482. The van der Waals surface area contributed by atoms with Gasteiger partial charge in [0.05, 0.1) is 0 Å². The molecule has 4 aliphatic rings. The number of allylic oxidation sites excluding steroid dienone is 2. The van der Waals surface area contributed by atoms with Gasteiger partial charge in [-0.1, -0.05) is 39.3 Å². The van der Waals surface area contributed by atoms with Crippen molar-refractivity contribution < 1.29 is 5.11 Å². The van der Waals surface area contributed by atoms with Gasteiger partial charge in [0.25, 0.3) is 0 Å². The van der Waals surface area contributed by atoms with Gasteiger partial charge in [-0.05, 0) is 78.4 Å². The Balaban J connectivity index is 1.74. The number of fused-ring (bicyclic) bond motifs is 3. The molecule has 4 rings (SSSR count). The van der Waals surface area contributed by atoms with E-state index in [1.807, 2.05) is 0 Å². The molecule has 3 fully saturated rings. The molecule has 0 aromatic rings. The van der Waals surface area contributed by atoms with Crippen LogP contribution in [0.15, 0.2) is 12.2 Å². The molecule has 1 spiro atoms. The minimum Gasteiger partial charge on any atom is -0.396 e. The third-order valence-electron chi connectivity index (χ3n) is 8.41. The third kappa shape index (κ3) is 1.73. The summed E-state index contributed by atoms with van der Waals surface area (Å²) in [4.78, 5) is 0. The van der Waals surface area contributed by atoms with Crippen LogP contribution in [0.25, 0.3) is 0 Å². The average molecular weight is 288 g/mol. The second-order valence-corrected chi connectivity index (χ2v) is 9.75. The van der Waals surface area contributed by atoms with Crippen molar-refractivity contribution in [3.8, 4) is 0 Å². The molecule has 0 radical (unpaired) electrons. The average Bonchev–Trinajstić information content (AvgIpc) is 2.69. The Labute approximate surface area is 130 Å². The van der Waals surface area contributed by atoms with Crippen LogP contribution in [-0.2, 0) is 0 Å². The highest BCUT2D eigenvalue weighted by Gasteiger charge is 2.63. The van der Waals surface area contributed by atoms with E-state index in [9.17, 15) is 5.11 Å². The van der Waals surface area contributed by atoms with Crippen molar-refractivity contribution in [2.45, 2.75) is 72.1 Å². The van der Waals surface area contributed by atoms with E-state index >= 15 is 0 Å². The van der Waals surface area contributed by atoms with E-state index in [0.29, 0.717) is 22.9 Å². The zero-order valence-electron chi connectivity index (χ0n) is 14.1. The van der Waals surface area contributed by atoms with Crippen molar-refractivity contribution in [1.29, 1.82) is 0 Å². The second-order valence-electron chi connectivity index (χ2n) is 9.75. The molecule has 1 heteroatoms. The number of aliphatic hydroxyl groups is 1. The SMILES string of the molecule is C[C@@]12C=CC3(CCC4[C@](C)(CO)CCC[C@@]4(C)C3CC1)C2. The predicted octanol–water partition coefficient (Wildman–Crippen LogP) is 4.95. The van der Waals surface area contributed by atoms with Crippen LogP contribution in [-0.4, -0.2) is 11.7 Å². The molecule has 1 nitrogen and oxygen atoms in total. The van der Waals surface area contributed by atoms with Crippen molar-refractivity contribution in [2.24, 2.45) is 33.5 Å². The van der Waals surface area contributed by atoms with Crippen molar-refractivity contribution in [3.63, 3.8) is 0 Å². The molecule has 2 bridgehead atoms. The summed E-state index contributed by atoms with van der Waals surface area (Å²) in [5, 5.41) is 10.1. The smallest absolute Gasteiger partial charge is 0.0487 e. The summed E-state index contributed by atoms with van der Waals surface area (Å²) in [6, 6.07) is 0. The summed E-state index contributed by atoms with van der Waals surface area (Å²) in [6.07, 6.45) is 16.1. The number of aliphatic hydroxyl groups excluding tert-OH is 1. The van der Waals surface area contributed by atoms with Crippen LogP contribution in [0.3, 0.4) is 0 Å². The molecule has 21 heavy (non-hydrogen) atoms. The molecular formula is C20H32O. The zero-order chi connectivity index (χ0) is 14.9. The van der Waals surface area contributed by atoms with E-state index in [4.69, 9.17) is 0 Å². The van der Waals surface area contributed by atoms with Crippen LogP contribution in [0, 0.1) is 33.5 Å². The fraction of sp³-hybridized carbons (Fsp3) is 0.900. The standard InChI is InChI=1S/C20H32O/c1-17-9-5-16-19(3)8-4-7-18(2,14-21)15(19)6-10-20(16,13-17)12-11-17/h11-12,15-16,21H,4-10,13-14H2,1-3H3/t15?,16?,17-,18-,19+,20?/m0/s1. The summed E-state index contributed by atoms with van der Waals surface area (Å²) in [7, 11) is 0. The van der Waals surface area contributed by atoms with Crippen molar-refractivity contribution in [1.82, 2.24) is 0 Å². The van der Waals surface area contributed by atoms with Crippen LogP contribution in [0.1, 0.15) is 72.1 Å². The molecule has 3 saturated carbocycles. The summed E-state index contributed by atoms with van der Waals surface area (Å²) in [6.45, 7) is 7.82. The van der Waals surface area contributed by atoms with E-state index in [1.54, 1.807) is 0 Å². The maximum atomic E-state index is 10.1. The first kappa shape index (κ1) is 14.3. The summed E-state index contributed by atoms with van der Waals surface area (Å²) >= 11 is 0. The Morgan fingerprint density at radius 2 is 1.71 bits per heavy atom. The highest BCUT2D eigenvalue weighted by atomic mass is 16.3. The van der Waals surface area contributed by atoms with Gasteiger partial charge in [0.15, 0.2) is 0 Å². The molecule has 0 aliphatic heterocycles. The van der Waals surface area contributed by atoms with E-state index in [2.05, 4.69) is 32.9 Å². The van der Waals surface area contributed by atoms with Crippen LogP contribution in [0.2, 0.25) is 0 Å². The molecule has 0 aromatic carbocycles. The summed E-state index contributed by atoms with van der Waals surface area (Å²) in [5.74, 6) is 1.60. The monoisotopic (exact) mass is 288 g/mol. The number of rotatable bonds is 1. The fourth-order valence-corrected chi connectivity index (χ4v) is 7.46. The van der Waals surface area contributed by atoms with Gasteiger partial charge in [-0.15, -0.1) is 0 Å². The lowest BCUT2D eigenvalue weighted by Gasteiger charge is -2.64. The minimum absolute atomic E-state index is 0.178. The lowest BCUT2D eigenvalue weighted by molar-refractivity contribution is -0.154. The molecule has 118 valence electrons. The molecule has 0 amide bonds. The Morgan fingerprint density at radius 3 is 2.48 bits per heavy atom. The maximum absolute atomic E-state index is 10.1. The van der Waals surface area contributed by atoms with Gasteiger partial charge in [0.2, 0.25) is 0 Å². The molecule has 0 aromatic heterocycles. The molecule has 3 unspecified atom stereocenters. The highest BCUT2D eigenvalue weighted by Crippen LogP contribution is 2.71. The number of hydrogen-bond acceptors (Lipinski definition) is 1. The lowest BCUT2D eigenvalue weighted by Crippen LogP contribution is -2.57. The molecular weight excluding hydrogens is 256 g/mol. The van der Waals surface area contributed by atoms with Crippen molar-refractivity contribution >= 4 is 0 Å². The van der Waals surface area contributed by atoms with Gasteiger partial charge in [-0.25, -0.2) is 0 Å². The second kappa shape index (κ2) is 4.16. The molecule has 4 aliphatic carbocycles. The molecule has 6 atom stereocenters. The Kier molecular flexibility index (Phi) is 2.83. The Hall–Kier alpha value is -0.300. The maximum Gasteiger partial charge on any atom is 0.0487 e. The molecule has 0 heterocycles. The highest BCUT2D eigenvalue weighted by molar-refractivity contribution is 5.25. The normalized spacial score (nSPS) is 58.7.